The van der Waals surface area contributed by atoms with Crippen molar-refractivity contribution in [3.05, 3.63) is 45.5 Å². The second-order valence-corrected chi connectivity index (χ2v) is 5.02. The van der Waals surface area contributed by atoms with Crippen LogP contribution in [0.4, 0.5) is 5.69 Å². The zero-order valence-corrected chi connectivity index (χ0v) is 11.6. The van der Waals surface area contributed by atoms with Crippen molar-refractivity contribution in [3.63, 3.8) is 0 Å². The second kappa shape index (κ2) is 5.90. The average Bonchev–Trinajstić information content (AvgIpc) is 2.89. The molecule has 0 aliphatic carbocycles. The first-order valence-corrected chi connectivity index (χ1v) is 6.93. The molecular formula is C13H15N3O2S. The molecule has 1 N–H and O–H groups in total. The van der Waals surface area contributed by atoms with Gasteiger partial charge in [-0.1, -0.05) is 19.1 Å². The van der Waals surface area contributed by atoms with Crippen molar-refractivity contribution in [1.82, 2.24) is 10.3 Å². The Morgan fingerprint density at radius 2 is 2.32 bits per heavy atom. The van der Waals surface area contributed by atoms with Gasteiger partial charge in [-0.15, -0.1) is 11.3 Å². The highest BCUT2D eigenvalue weighted by atomic mass is 32.1. The molecule has 100 valence electrons. The van der Waals surface area contributed by atoms with Gasteiger partial charge in [0.2, 0.25) is 0 Å². The normalized spacial score (nSPS) is 12.3. The van der Waals surface area contributed by atoms with Crippen molar-refractivity contribution in [2.75, 3.05) is 6.54 Å². The minimum Gasteiger partial charge on any atom is -0.309 e. The molecule has 19 heavy (non-hydrogen) atoms. The van der Waals surface area contributed by atoms with Crippen LogP contribution in [-0.2, 0) is 0 Å². The van der Waals surface area contributed by atoms with Crippen molar-refractivity contribution in [1.29, 1.82) is 0 Å². The summed E-state index contributed by atoms with van der Waals surface area (Å²) in [5.74, 6) is 0. The SMILES string of the molecule is CCNC(C)c1csc(-c2cccc([N+](=O)[O-])c2)n1. The summed E-state index contributed by atoms with van der Waals surface area (Å²) in [5, 5.41) is 16.9. The number of hydrogen-bond donors (Lipinski definition) is 1. The minimum atomic E-state index is -0.390. The number of benzene rings is 1. The fourth-order valence-corrected chi connectivity index (χ4v) is 2.69. The lowest BCUT2D eigenvalue weighted by atomic mass is 10.2. The van der Waals surface area contributed by atoms with Gasteiger partial charge in [-0.25, -0.2) is 4.98 Å². The Labute approximate surface area is 115 Å². The highest BCUT2D eigenvalue weighted by molar-refractivity contribution is 7.13. The number of non-ortho nitro benzene ring substituents is 1. The summed E-state index contributed by atoms with van der Waals surface area (Å²) >= 11 is 1.50. The van der Waals surface area contributed by atoms with Crippen LogP contribution in [0.25, 0.3) is 10.6 Å². The Kier molecular flexibility index (Phi) is 4.24. The minimum absolute atomic E-state index is 0.0916. The summed E-state index contributed by atoms with van der Waals surface area (Å²) in [5.41, 5.74) is 1.84. The maximum Gasteiger partial charge on any atom is 0.270 e. The standard InChI is InChI=1S/C13H15N3O2S/c1-3-14-9(2)12-8-19-13(15-12)10-5-4-6-11(7-10)16(17)18/h4-9,14H,3H2,1-2H3. The summed E-state index contributed by atoms with van der Waals surface area (Å²) in [4.78, 5) is 14.9. The molecule has 0 bridgehead atoms. The van der Waals surface area contributed by atoms with Crippen LogP contribution >= 0.6 is 11.3 Å². The van der Waals surface area contributed by atoms with Gasteiger partial charge in [-0.2, -0.15) is 0 Å². The number of nitro benzene ring substituents is 1. The van der Waals surface area contributed by atoms with E-state index in [4.69, 9.17) is 0 Å². The predicted octanol–water partition coefficient (Wildman–Crippen LogP) is 3.39. The first-order chi connectivity index (χ1) is 9.11. The molecule has 1 heterocycles. The molecule has 0 aliphatic rings. The zero-order chi connectivity index (χ0) is 13.8. The Morgan fingerprint density at radius 1 is 1.53 bits per heavy atom. The molecule has 0 fully saturated rings. The summed E-state index contributed by atoms with van der Waals surface area (Å²) in [7, 11) is 0. The van der Waals surface area contributed by atoms with Gasteiger partial charge in [0, 0.05) is 29.1 Å². The van der Waals surface area contributed by atoms with Crippen LogP contribution < -0.4 is 5.32 Å². The molecule has 5 nitrogen and oxygen atoms in total. The summed E-state index contributed by atoms with van der Waals surface area (Å²) < 4.78 is 0. The molecule has 2 rings (SSSR count). The number of nitro groups is 1. The smallest absolute Gasteiger partial charge is 0.270 e. The zero-order valence-electron chi connectivity index (χ0n) is 10.8. The lowest BCUT2D eigenvalue weighted by Crippen LogP contribution is -2.17. The molecule has 0 radical (unpaired) electrons. The molecule has 0 saturated carbocycles. The lowest BCUT2D eigenvalue weighted by Gasteiger charge is -2.08. The molecular weight excluding hydrogens is 262 g/mol. The number of nitrogens with zero attached hydrogens (tertiary/aromatic N) is 2. The van der Waals surface area contributed by atoms with Crippen LogP contribution in [0, 0.1) is 10.1 Å². The van der Waals surface area contributed by atoms with E-state index in [0.717, 1.165) is 22.8 Å². The Bertz CT molecular complexity index is 583. The molecule has 1 atom stereocenters. The molecule has 1 aromatic carbocycles. The largest absolute Gasteiger partial charge is 0.309 e. The number of hydrogen-bond acceptors (Lipinski definition) is 5. The number of thiazole rings is 1. The molecule has 0 spiro atoms. The lowest BCUT2D eigenvalue weighted by molar-refractivity contribution is -0.384. The van der Waals surface area contributed by atoms with E-state index in [1.165, 1.54) is 17.4 Å². The Hall–Kier alpha value is -1.79. The van der Waals surface area contributed by atoms with E-state index in [1.54, 1.807) is 12.1 Å². The van der Waals surface area contributed by atoms with E-state index in [1.807, 2.05) is 18.4 Å². The van der Waals surface area contributed by atoms with Crippen molar-refractivity contribution < 1.29 is 4.92 Å². The van der Waals surface area contributed by atoms with E-state index in [-0.39, 0.29) is 16.7 Å². The quantitative estimate of drug-likeness (QED) is 0.672. The average molecular weight is 277 g/mol. The third kappa shape index (κ3) is 3.15. The maximum absolute atomic E-state index is 10.8. The summed E-state index contributed by atoms with van der Waals surface area (Å²) in [6.07, 6.45) is 0. The van der Waals surface area contributed by atoms with Crippen molar-refractivity contribution >= 4 is 17.0 Å². The van der Waals surface area contributed by atoms with Gasteiger partial charge in [-0.3, -0.25) is 10.1 Å². The summed E-state index contributed by atoms with van der Waals surface area (Å²) in [6, 6.07) is 6.75. The summed E-state index contributed by atoms with van der Waals surface area (Å²) in [6.45, 7) is 4.98. The van der Waals surface area contributed by atoms with Gasteiger partial charge in [0.1, 0.15) is 5.01 Å². The molecule has 1 unspecified atom stereocenters. The van der Waals surface area contributed by atoms with Gasteiger partial charge in [0.15, 0.2) is 0 Å². The fourth-order valence-electron chi connectivity index (χ4n) is 1.78. The number of rotatable bonds is 5. The van der Waals surface area contributed by atoms with Crippen molar-refractivity contribution in [3.8, 4) is 10.6 Å². The van der Waals surface area contributed by atoms with E-state index in [0.29, 0.717) is 0 Å². The monoisotopic (exact) mass is 277 g/mol. The van der Waals surface area contributed by atoms with Crippen LogP contribution in [-0.4, -0.2) is 16.5 Å². The third-order valence-corrected chi connectivity index (χ3v) is 3.69. The molecule has 1 aromatic heterocycles. The Morgan fingerprint density at radius 3 is 3.00 bits per heavy atom. The van der Waals surface area contributed by atoms with E-state index >= 15 is 0 Å². The van der Waals surface area contributed by atoms with Crippen molar-refractivity contribution in [2.45, 2.75) is 19.9 Å². The molecule has 0 saturated heterocycles. The third-order valence-electron chi connectivity index (χ3n) is 2.78. The van der Waals surface area contributed by atoms with Gasteiger partial charge in [0.25, 0.3) is 5.69 Å². The fraction of sp³-hybridized carbons (Fsp3) is 0.308. The van der Waals surface area contributed by atoms with Crippen LogP contribution in [0.2, 0.25) is 0 Å². The molecule has 0 amide bonds. The van der Waals surface area contributed by atoms with Gasteiger partial charge < -0.3 is 5.32 Å². The van der Waals surface area contributed by atoms with Gasteiger partial charge in [0.05, 0.1) is 10.6 Å². The van der Waals surface area contributed by atoms with Crippen LogP contribution in [0.5, 0.6) is 0 Å². The maximum atomic E-state index is 10.8. The first kappa shape index (κ1) is 13.6. The Balaban J connectivity index is 2.27. The van der Waals surface area contributed by atoms with E-state index in [9.17, 15) is 10.1 Å². The van der Waals surface area contributed by atoms with Gasteiger partial charge in [-0.05, 0) is 13.5 Å². The van der Waals surface area contributed by atoms with Crippen LogP contribution in [0.1, 0.15) is 25.6 Å². The molecule has 6 heteroatoms. The van der Waals surface area contributed by atoms with E-state index in [2.05, 4.69) is 17.2 Å². The second-order valence-electron chi connectivity index (χ2n) is 4.16. The highest BCUT2D eigenvalue weighted by Gasteiger charge is 2.12. The highest BCUT2D eigenvalue weighted by Crippen LogP contribution is 2.28. The molecule has 0 aliphatic heterocycles. The van der Waals surface area contributed by atoms with Crippen LogP contribution in [0.15, 0.2) is 29.6 Å². The van der Waals surface area contributed by atoms with E-state index < -0.39 is 0 Å². The number of aromatic nitrogens is 1. The van der Waals surface area contributed by atoms with Crippen molar-refractivity contribution in [2.24, 2.45) is 0 Å². The first-order valence-electron chi connectivity index (χ1n) is 6.05. The number of nitrogens with one attached hydrogen (secondary N) is 1. The molecule has 2 aromatic rings. The van der Waals surface area contributed by atoms with Crippen LogP contribution in [0.3, 0.4) is 0 Å². The van der Waals surface area contributed by atoms with Gasteiger partial charge >= 0.3 is 0 Å². The topological polar surface area (TPSA) is 68.1 Å². The predicted molar refractivity (Wildman–Crippen MR) is 76.3 cm³/mol.